The predicted molar refractivity (Wildman–Crippen MR) is 55.3 cm³/mol. The molecule has 0 spiro atoms. The predicted octanol–water partition coefficient (Wildman–Crippen LogP) is -0.0704. The Bertz CT molecular complexity index is 262. The van der Waals surface area contributed by atoms with Gasteiger partial charge < -0.3 is 20.9 Å². The van der Waals surface area contributed by atoms with Gasteiger partial charge in [-0.05, 0) is 6.42 Å². The van der Waals surface area contributed by atoms with Crippen molar-refractivity contribution in [2.24, 2.45) is 0 Å². The Morgan fingerprint density at radius 3 is 3.00 bits per heavy atom. The van der Waals surface area contributed by atoms with Gasteiger partial charge in [0.05, 0.1) is 12.6 Å². The molecule has 1 heterocycles. The van der Waals surface area contributed by atoms with Crippen LogP contribution in [0.15, 0.2) is 0 Å². The van der Waals surface area contributed by atoms with E-state index in [4.69, 9.17) is 15.6 Å². The zero-order chi connectivity index (χ0) is 10.4. The molecule has 14 heavy (non-hydrogen) atoms. The van der Waals surface area contributed by atoms with Crippen LogP contribution in [-0.2, 0) is 4.74 Å². The fourth-order valence-electron chi connectivity index (χ4n) is 1.02. The molecule has 0 saturated carbocycles. The number of anilines is 2. The first-order chi connectivity index (χ1) is 6.76. The minimum absolute atomic E-state index is 0.0392. The van der Waals surface area contributed by atoms with Crippen LogP contribution < -0.4 is 11.1 Å². The van der Waals surface area contributed by atoms with E-state index in [0.29, 0.717) is 18.2 Å². The molecule has 0 aliphatic rings. The second-order valence-corrected chi connectivity index (χ2v) is 3.52. The molecule has 0 amide bonds. The van der Waals surface area contributed by atoms with E-state index in [1.165, 1.54) is 11.5 Å². The summed E-state index contributed by atoms with van der Waals surface area (Å²) in [5, 5.41) is 12.5. The average Bonchev–Trinajstić information content (AvgIpc) is 2.52. The van der Waals surface area contributed by atoms with Crippen LogP contribution >= 0.6 is 11.5 Å². The highest BCUT2D eigenvalue weighted by molar-refractivity contribution is 7.09. The Kier molecular flexibility index (Phi) is 4.57. The summed E-state index contributed by atoms with van der Waals surface area (Å²) < 4.78 is 8.82. The lowest BCUT2D eigenvalue weighted by molar-refractivity contribution is 0.170. The lowest BCUT2D eigenvalue weighted by Gasteiger charge is -2.15. The number of nitrogens with two attached hydrogens (primary N) is 1. The van der Waals surface area contributed by atoms with Crippen molar-refractivity contribution in [3.8, 4) is 0 Å². The van der Waals surface area contributed by atoms with Crippen molar-refractivity contribution in [1.29, 1.82) is 0 Å². The maximum absolute atomic E-state index is 8.79. The van der Waals surface area contributed by atoms with Crippen LogP contribution in [0, 0.1) is 0 Å². The first-order valence-electron chi connectivity index (χ1n) is 4.21. The maximum Gasteiger partial charge on any atom is 0.233 e. The smallest absolute Gasteiger partial charge is 0.233 e. The summed E-state index contributed by atoms with van der Waals surface area (Å²) in [5.74, 6) is 0.262. The molecule has 1 unspecified atom stereocenters. The summed E-state index contributed by atoms with van der Waals surface area (Å²) in [4.78, 5) is 3.95. The van der Waals surface area contributed by atoms with E-state index < -0.39 is 0 Å². The minimum Gasteiger partial charge on any atom is -0.396 e. The summed E-state index contributed by atoms with van der Waals surface area (Å²) in [6.45, 7) is 0.620. The third kappa shape index (κ3) is 3.44. The van der Waals surface area contributed by atoms with Crippen LogP contribution in [0.5, 0.6) is 0 Å². The van der Waals surface area contributed by atoms with Gasteiger partial charge in [-0.1, -0.05) is 0 Å². The average molecular weight is 218 g/mol. The molecule has 0 aromatic carbocycles. The molecule has 80 valence electrons. The Labute approximate surface area is 86.3 Å². The van der Waals surface area contributed by atoms with Gasteiger partial charge in [-0.2, -0.15) is 9.36 Å². The van der Waals surface area contributed by atoms with Crippen molar-refractivity contribution in [2.45, 2.75) is 12.5 Å². The number of nitrogen functional groups attached to an aromatic ring is 1. The molecular weight excluding hydrogens is 204 g/mol. The Hall–Kier alpha value is -0.920. The highest BCUT2D eigenvalue weighted by atomic mass is 32.1. The van der Waals surface area contributed by atoms with Gasteiger partial charge in [0.15, 0.2) is 0 Å². The molecule has 0 aliphatic heterocycles. The number of hydrogen-bond acceptors (Lipinski definition) is 7. The number of nitrogens with one attached hydrogen (secondary N) is 1. The largest absolute Gasteiger partial charge is 0.396 e. The Morgan fingerprint density at radius 2 is 2.50 bits per heavy atom. The summed E-state index contributed by atoms with van der Waals surface area (Å²) >= 11 is 1.20. The number of ether oxygens (including phenoxy) is 1. The lowest BCUT2D eigenvalue weighted by atomic mass is 10.2. The van der Waals surface area contributed by atoms with Crippen molar-refractivity contribution in [1.82, 2.24) is 9.36 Å². The summed E-state index contributed by atoms with van der Waals surface area (Å²) in [6.07, 6.45) is 0.604. The number of nitrogens with zero attached hydrogens (tertiary/aromatic N) is 2. The number of methoxy groups -OCH3 is 1. The van der Waals surface area contributed by atoms with Crippen molar-refractivity contribution >= 4 is 22.6 Å². The van der Waals surface area contributed by atoms with Gasteiger partial charge in [-0.15, -0.1) is 0 Å². The molecule has 1 aromatic heterocycles. The first-order valence-corrected chi connectivity index (χ1v) is 4.99. The summed E-state index contributed by atoms with van der Waals surface area (Å²) in [6, 6.07) is 0.0392. The number of hydrogen-bond donors (Lipinski definition) is 3. The van der Waals surface area contributed by atoms with E-state index in [1.54, 1.807) is 7.11 Å². The van der Waals surface area contributed by atoms with Gasteiger partial charge in [0.1, 0.15) is 0 Å². The Balaban J connectivity index is 2.46. The second kappa shape index (κ2) is 5.74. The highest BCUT2D eigenvalue weighted by Crippen LogP contribution is 2.14. The van der Waals surface area contributed by atoms with Gasteiger partial charge in [0.2, 0.25) is 11.1 Å². The van der Waals surface area contributed by atoms with Crippen molar-refractivity contribution < 1.29 is 9.84 Å². The molecule has 4 N–H and O–H groups in total. The standard InChI is InChI=1S/C7H14N4O2S/c1-13-4-5(2-3-12)9-7-10-6(8)11-14-7/h5,12H,2-4H2,1H3,(H3,8,9,10,11). The van der Waals surface area contributed by atoms with E-state index in [0.717, 1.165) is 0 Å². The van der Waals surface area contributed by atoms with Crippen LogP contribution in [0.2, 0.25) is 0 Å². The molecule has 0 aliphatic carbocycles. The molecular formula is C7H14N4O2S. The van der Waals surface area contributed by atoms with Gasteiger partial charge in [0.25, 0.3) is 0 Å². The van der Waals surface area contributed by atoms with E-state index >= 15 is 0 Å². The zero-order valence-electron chi connectivity index (χ0n) is 7.93. The number of aliphatic hydroxyl groups is 1. The van der Waals surface area contributed by atoms with E-state index in [2.05, 4.69) is 14.7 Å². The summed E-state index contributed by atoms with van der Waals surface area (Å²) in [5.41, 5.74) is 5.37. The first kappa shape index (κ1) is 11.2. The molecule has 0 fully saturated rings. The van der Waals surface area contributed by atoms with Gasteiger partial charge >= 0.3 is 0 Å². The molecule has 1 rings (SSSR count). The number of aromatic nitrogens is 2. The van der Waals surface area contributed by atoms with Gasteiger partial charge in [-0.3, -0.25) is 0 Å². The molecule has 0 saturated heterocycles. The van der Waals surface area contributed by atoms with E-state index in [9.17, 15) is 0 Å². The quantitative estimate of drug-likeness (QED) is 0.619. The van der Waals surface area contributed by atoms with Crippen LogP contribution in [0.3, 0.4) is 0 Å². The lowest BCUT2D eigenvalue weighted by Crippen LogP contribution is -2.26. The van der Waals surface area contributed by atoms with Crippen LogP contribution in [0.4, 0.5) is 11.1 Å². The monoisotopic (exact) mass is 218 g/mol. The molecule has 7 heteroatoms. The van der Waals surface area contributed by atoms with Crippen LogP contribution in [-0.4, -0.2) is 40.8 Å². The second-order valence-electron chi connectivity index (χ2n) is 2.77. The molecule has 0 radical (unpaired) electrons. The Morgan fingerprint density at radius 1 is 1.71 bits per heavy atom. The van der Waals surface area contributed by atoms with Gasteiger partial charge in [0, 0.05) is 25.2 Å². The van der Waals surface area contributed by atoms with Crippen LogP contribution in [0.1, 0.15) is 6.42 Å². The number of rotatable bonds is 6. The van der Waals surface area contributed by atoms with Crippen molar-refractivity contribution in [3.63, 3.8) is 0 Å². The SMILES string of the molecule is COCC(CCO)Nc1nc(N)ns1. The van der Waals surface area contributed by atoms with E-state index in [-0.39, 0.29) is 18.6 Å². The fourth-order valence-corrected chi connectivity index (χ4v) is 1.60. The molecule has 1 atom stereocenters. The normalized spacial score (nSPS) is 12.7. The van der Waals surface area contributed by atoms with Gasteiger partial charge in [-0.25, -0.2) is 0 Å². The fraction of sp³-hybridized carbons (Fsp3) is 0.714. The number of aliphatic hydroxyl groups excluding tert-OH is 1. The third-order valence-electron chi connectivity index (χ3n) is 1.61. The molecule has 1 aromatic rings. The molecule has 6 nitrogen and oxygen atoms in total. The molecule has 0 bridgehead atoms. The van der Waals surface area contributed by atoms with E-state index in [1.807, 2.05) is 0 Å². The third-order valence-corrected chi connectivity index (χ3v) is 2.28. The topological polar surface area (TPSA) is 93.3 Å². The highest BCUT2D eigenvalue weighted by Gasteiger charge is 2.09. The zero-order valence-corrected chi connectivity index (χ0v) is 8.75. The van der Waals surface area contributed by atoms with Crippen molar-refractivity contribution in [3.05, 3.63) is 0 Å². The maximum atomic E-state index is 8.79. The minimum atomic E-state index is 0.0392. The summed E-state index contributed by atoms with van der Waals surface area (Å²) in [7, 11) is 1.61. The van der Waals surface area contributed by atoms with Crippen LogP contribution in [0.25, 0.3) is 0 Å². The van der Waals surface area contributed by atoms with Crippen molar-refractivity contribution in [2.75, 3.05) is 31.4 Å².